The Morgan fingerprint density at radius 2 is 1.91 bits per heavy atom. The van der Waals surface area contributed by atoms with Crippen LogP contribution in [-0.2, 0) is 9.59 Å². The summed E-state index contributed by atoms with van der Waals surface area (Å²) in [5.74, 6) is -0.477. The van der Waals surface area contributed by atoms with Crippen molar-refractivity contribution in [1.29, 1.82) is 5.41 Å². The second-order valence-electron chi connectivity index (χ2n) is 8.10. The van der Waals surface area contributed by atoms with E-state index < -0.39 is 36.8 Å². The lowest BCUT2D eigenvalue weighted by atomic mass is 9.89. The van der Waals surface area contributed by atoms with Gasteiger partial charge in [-0.2, -0.15) is 4.39 Å². The maximum Gasteiger partial charge on any atom is 0.256 e. The first kappa shape index (κ1) is 25.9. The number of primary amides is 1. The van der Waals surface area contributed by atoms with Gasteiger partial charge in [-0.3, -0.25) is 19.7 Å². The molecule has 0 saturated heterocycles. The third-order valence-corrected chi connectivity index (χ3v) is 5.70. The normalized spacial score (nSPS) is 18.1. The molecule has 2 fully saturated rings. The van der Waals surface area contributed by atoms with Crippen molar-refractivity contribution in [2.75, 3.05) is 5.32 Å². The molecule has 2 unspecified atom stereocenters. The number of carbonyl (C=O) groups is 2. The Bertz CT molecular complexity index is 842. The number of hydrogen-bond acceptors (Lipinski definition) is 5. The molecule has 0 bridgehead atoms. The predicted octanol–water partition coefficient (Wildman–Crippen LogP) is 3.18. The van der Waals surface area contributed by atoms with Crippen LogP contribution in [0.5, 0.6) is 0 Å². The SMILES string of the molecule is C/C(=C\C(=N)Cl)C(CC(F)F)n1cc(NC(=O)C(N)C(C2CC2)C2CC2)c(F)n1.NC=O. The number of nitrogens with two attached hydrogens (primary N) is 2. The lowest BCUT2D eigenvalue weighted by Crippen LogP contribution is -2.43. The summed E-state index contributed by atoms with van der Waals surface area (Å²) >= 11 is 5.52. The highest BCUT2D eigenvalue weighted by Crippen LogP contribution is 2.50. The number of rotatable bonds is 10. The fourth-order valence-corrected chi connectivity index (χ4v) is 4.08. The summed E-state index contributed by atoms with van der Waals surface area (Å²) < 4.78 is 41.4. The Labute approximate surface area is 189 Å². The third-order valence-electron chi connectivity index (χ3n) is 5.60. The Balaban J connectivity index is 0.00000114. The maximum atomic E-state index is 14.3. The number of amides is 2. The molecule has 0 aliphatic heterocycles. The highest BCUT2D eigenvalue weighted by atomic mass is 35.5. The van der Waals surface area contributed by atoms with Crippen LogP contribution in [0.1, 0.15) is 45.1 Å². The minimum absolute atomic E-state index is 0.0969. The van der Waals surface area contributed by atoms with Gasteiger partial charge < -0.3 is 16.8 Å². The average molecular weight is 477 g/mol. The number of nitrogens with zero attached hydrogens (tertiary/aromatic N) is 2. The summed E-state index contributed by atoms with van der Waals surface area (Å²) in [5.41, 5.74) is 10.5. The van der Waals surface area contributed by atoms with Crippen molar-refractivity contribution >= 4 is 34.8 Å². The quantitative estimate of drug-likeness (QED) is 0.304. The number of halogens is 4. The van der Waals surface area contributed by atoms with Crippen molar-refractivity contribution in [3.8, 4) is 0 Å². The van der Waals surface area contributed by atoms with Gasteiger partial charge in [-0.15, -0.1) is 5.10 Å². The van der Waals surface area contributed by atoms with Gasteiger partial charge in [-0.05, 0) is 62.0 Å². The van der Waals surface area contributed by atoms with E-state index in [1.165, 1.54) is 19.2 Å². The molecule has 12 heteroatoms. The van der Waals surface area contributed by atoms with E-state index in [0.717, 1.165) is 30.4 Å². The van der Waals surface area contributed by atoms with Crippen LogP contribution in [0.4, 0.5) is 18.9 Å². The van der Waals surface area contributed by atoms with Crippen LogP contribution in [0.3, 0.4) is 0 Å². The van der Waals surface area contributed by atoms with Crippen molar-refractivity contribution in [2.24, 2.45) is 29.2 Å². The Morgan fingerprint density at radius 1 is 1.38 bits per heavy atom. The molecule has 2 saturated carbocycles. The molecular formula is C20H28ClF3N6O2. The first-order chi connectivity index (χ1) is 15.1. The van der Waals surface area contributed by atoms with Crippen LogP contribution >= 0.6 is 11.6 Å². The summed E-state index contributed by atoms with van der Waals surface area (Å²) in [6.07, 6.45) is 3.56. The Hall–Kier alpha value is -2.40. The maximum absolute atomic E-state index is 14.3. The number of hydrogen-bond donors (Lipinski definition) is 4. The number of anilines is 1. The number of allylic oxidation sites excluding steroid dienone is 2. The average Bonchev–Trinajstić information content (AvgIpc) is 3.61. The summed E-state index contributed by atoms with van der Waals surface area (Å²) in [5, 5.41) is 13.1. The number of alkyl halides is 2. The largest absolute Gasteiger partial charge is 0.372 e. The molecule has 1 aromatic rings. The fourth-order valence-electron chi connectivity index (χ4n) is 3.90. The van der Waals surface area contributed by atoms with Gasteiger partial charge in [0.2, 0.25) is 18.7 Å². The van der Waals surface area contributed by atoms with E-state index in [-0.39, 0.29) is 23.2 Å². The van der Waals surface area contributed by atoms with E-state index in [2.05, 4.69) is 16.1 Å². The standard InChI is InChI=1S/C19H25ClF3N5O.CH3NO/c1-9(6-14(20)24)13(7-15(21)22)28-8-12(18(23)27-28)26-19(29)17(25)16(10-2-3-10)11-4-5-11;2-1-3/h6,8,10-11,13,15-17,24H,2-5,7,25H2,1H3,(H,26,29);1H,(H2,2,3)/b9-6+,24-14?;. The van der Waals surface area contributed by atoms with Crippen LogP contribution in [0.15, 0.2) is 17.8 Å². The van der Waals surface area contributed by atoms with Crippen LogP contribution in [-0.4, -0.2) is 39.7 Å². The van der Waals surface area contributed by atoms with E-state index >= 15 is 0 Å². The smallest absolute Gasteiger partial charge is 0.256 e. The molecule has 8 nitrogen and oxygen atoms in total. The molecular weight excluding hydrogens is 449 g/mol. The molecule has 6 N–H and O–H groups in total. The summed E-state index contributed by atoms with van der Waals surface area (Å²) in [4.78, 5) is 21.2. The highest BCUT2D eigenvalue weighted by molar-refractivity contribution is 6.67. The monoisotopic (exact) mass is 476 g/mol. The van der Waals surface area contributed by atoms with E-state index in [1.807, 2.05) is 0 Å². The van der Waals surface area contributed by atoms with E-state index in [0.29, 0.717) is 17.4 Å². The van der Waals surface area contributed by atoms with Gasteiger partial charge in [-0.1, -0.05) is 11.6 Å². The fraction of sp³-hybridized carbons (Fsp3) is 0.600. The molecule has 1 heterocycles. The minimum Gasteiger partial charge on any atom is -0.372 e. The minimum atomic E-state index is -2.68. The van der Waals surface area contributed by atoms with Crippen molar-refractivity contribution in [3.63, 3.8) is 0 Å². The number of aromatic nitrogens is 2. The molecule has 0 spiro atoms. The Kier molecular flexibility index (Phi) is 9.26. The van der Waals surface area contributed by atoms with E-state index in [1.54, 1.807) is 0 Å². The van der Waals surface area contributed by atoms with Crippen LogP contribution < -0.4 is 16.8 Å². The van der Waals surface area contributed by atoms with Gasteiger partial charge in [0.15, 0.2) is 0 Å². The molecule has 2 amide bonds. The van der Waals surface area contributed by atoms with Crippen molar-refractivity contribution in [1.82, 2.24) is 9.78 Å². The molecule has 2 atom stereocenters. The summed E-state index contributed by atoms with van der Waals surface area (Å²) in [6.45, 7) is 1.51. The zero-order valence-corrected chi connectivity index (χ0v) is 18.4. The first-order valence-electron chi connectivity index (χ1n) is 10.3. The van der Waals surface area contributed by atoms with Gasteiger partial charge in [0.25, 0.3) is 5.95 Å². The van der Waals surface area contributed by atoms with Gasteiger partial charge in [0.1, 0.15) is 10.9 Å². The van der Waals surface area contributed by atoms with Gasteiger partial charge >= 0.3 is 0 Å². The molecule has 2 aliphatic rings. The topological polar surface area (TPSA) is 140 Å². The molecule has 1 aromatic heterocycles. The van der Waals surface area contributed by atoms with Crippen molar-refractivity contribution in [3.05, 3.63) is 23.8 Å². The zero-order chi connectivity index (χ0) is 24.0. The van der Waals surface area contributed by atoms with Crippen LogP contribution in [0, 0.1) is 29.1 Å². The highest BCUT2D eigenvalue weighted by Gasteiger charge is 2.46. The van der Waals surface area contributed by atoms with Gasteiger partial charge in [0, 0.05) is 6.42 Å². The third kappa shape index (κ3) is 7.33. The number of carbonyl (C=O) groups excluding carboxylic acids is 2. The van der Waals surface area contributed by atoms with Crippen molar-refractivity contribution < 1.29 is 22.8 Å². The molecule has 32 heavy (non-hydrogen) atoms. The van der Waals surface area contributed by atoms with Crippen molar-refractivity contribution in [2.45, 2.75) is 57.5 Å². The van der Waals surface area contributed by atoms with Crippen LogP contribution in [0.25, 0.3) is 0 Å². The van der Waals surface area contributed by atoms with Gasteiger partial charge in [0.05, 0.1) is 18.3 Å². The number of nitrogens with one attached hydrogen (secondary N) is 2. The van der Waals surface area contributed by atoms with Gasteiger partial charge in [-0.25, -0.2) is 8.78 Å². The van der Waals surface area contributed by atoms with Crippen LogP contribution in [0.2, 0.25) is 0 Å². The molecule has 0 aromatic carbocycles. The second kappa shape index (κ2) is 11.5. The molecule has 2 aliphatic carbocycles. The lowest BCUT2D eigenvalue weighted by molar-refractivity contribution is -0.119. The zero-order valence-electron chi connectivity index (χ0n) is 17.6. The molecule has 0 radical (unpaired) electrons. The molecule has 3 rings (SSSR count). The Morgan fingerprint density at radius 3 is 2.34 bits per heavy atom. The predicted molar refractivity (Wildman–Crippen MR) is 115 cm³/mol. The summed E-state index contributed by atoms with van der Waals surface area (Å²) in [7, 11) is 0. The lowest BCUT2D eigenvalue weighted by Gasteiger charge is -2.22. The second-order valence-corrected chi connectivity index (χ2v) is 8.50. The molecule has 178 valence electrons. The summed E-state index contributed by atoms with van der Waals surface area (Å²) in [6, 6.07) is -1.75. The first-order valence-corrected chi connectivity index (χ1v) is 10.6. The van der Waals surface area contributed by atoms with E-state index in [4.69, 9.17) is 27.5 Å². The van der Waals surface area contributed by atoms with E-state index in [9.17, 15) is 18.0 Å².